The standard InChI is InChI=1S/C9H11F3N2O3/c1-8(16,7(15)17-2)5-14-4-3-6(13-14)9(10,11)12/h3-4,16H,5H2,1-2H3. The van der Waals surface area contributed by atoms with Crippen molar-refractivity contribution >= 4 is 5.97 Å². The summed E-state index contributed by atoms with van der Waals surface area (Å²) in [6.45, 7) is 0.712. The summed E-state index contributed by atoms with van der Waals surface area (Å²) in [6.07, 6.45) is -3.53. The first-order chi connectivity index (χ1) is 7.66. The molecule has 0 aliphatic rings. The van der Waals surface area contributed by atoms with Gasteiger partial charge in [0, 0.05) is 6.20 Å². The van der Waals surface area contributed by atoms with E-state index < -0.39 is 30.0 Å². The molecule has 1 atom stereocenters. The lowest BCUT2D eigenvalue weighted by molar-refractivity contribution is -0.162. The van der Waals surface area contributed by atoms with Crippen LogP contribution in [0.3, 0.4) is 0 Å². The third kappa shape index (κ3) is 3.19. The van der Waals surface area contributed by atoms with E-state index in [-0.39, 0.29) is 0 Å². The fraction of sp³-hybridized carbons (Fsp3) is 0.556. The van der Waals surface area contributed by atoms with E-state index in [4.69, 9.17) is 0 Å². The SMILES string of the molecule is COC(=O)C(C)(O)Cn1ccc(C(F)(F)F)n1. The predicted octanol–water partition coefficient (Wildman–Crippen LogP) is 0.826. The molecule has 1 rings (SSSR count). The topological polar surface area (TPSA) is 64.3 Å². The molecule has 5 nitrogen and oxygen atoms in total. The van der Waals surface area contributed by atoms with Crippen LogP contribution < -0.4 is 0 Å². The van der Waals surface area contributed by atoms with Crippen molar-refractivity contribution < 1.29 is 27.8 Å². The number of rotatable bonds is 3. The third-order valence-electron chi connectivity index (χ3n) is 2.03. The molecule has 1 aromatic rings. The van der Waals surface area contributed by atoms with Crippen LogP contribution >= 0.6 is 0 Å². The number of carbonyl (C=O) groups is 1. The van der Waals surface area contributed by atoms with Gasteiger partial charge in [0.15, 0.2) is 11.3 Å². The van der Waals surface area contributed by atoms with Crippen LogP contribution in [-0.2, 0) is 22.3 Å². The molecular weight excluding hydrogens is 241 g/mol. The molecule has 1 aromatic heterocycles. The second-order valence-electron chi connectivity index (χ2n) is 3.66. The van der Waals surface area contributed by atoms with E-state index in [0.717, 1.165) is 31.0 Å². The zero-order valence-electron chi connectivity index (χ0n) is 9.15. The summed E-state index contributed by atoms with van der Waals surface area (Å²) in [4.78, 5) is 11.1. The Kier molecular flexibility index (Phi) is 3.46. The highest BCUT2D eigenvalue weighted by molar-refractivity contribution is 5.78. The van der Waals surface area contributed by atoms with Crippen LogP contribution in [0.4, 0.5) is 13.2 Å². The predicted molar refractivity (Wildman–Crippen MR) is 49.9 cm³/mol. The Labute approximate surface area is 94.8 Å². The normalized spacial score (nSPS) is 15.4. The monoisotopic (exact) mass is 252 g/mol. The molecule has 8 heteroatoms. The van der Waals surface area contributed by atoms with Crippen molar-refractivity contribution in [2.75, 3.05) is 7.11 Å². The van der Waals surface area contributed by atoms with Gasteiger partial charge in [-0.05, 0) is 13.0 Å². The lowest BCUT2D eigenvalue weighted by Crippen LogP contribution is -2.40. The molecule has 0 saturated carbocycles. The molecule has 0 fully saturated rings. The number of hydrogen-bond acceptors (Lipinski definition) is 4. The van der Waals surface area contributed by atoms with Gasteiger partial charge in [-0.15, -0.1) is 0 Å². The Bertz CT molecular complexity index is 412. The first kappa shape index (κ1) is 13.5. The minimum Gasteiger partial charge on any atom is -0.467 e. The molecule has 17 heavy (non-hydrogen) atoms. The second kappa shape index (κ2) is 4.36. The van der Waals surface area contributed by atoms with Crippen molar-refractivity contribution in [2.24, 2.45) is 0 Å². The molecular formula is C9H11F3N2O3. The zero-order chi connectivity index (χ0) is 13.3. The number of aromatic nitrogens is 2. The van der Waals surface area contributed by atoms with Gasteiger partial charge in [0.05, 0.1) is 13.7 Å². The third-order valence-corrected chi connectivity index (χ3v) is 2.03. The molecule has 0 bridgehead atoms. The summed E-state index contributed by atoms with van der Waals surface area (Å²) in [6, 6.07) is 0.757. The van der Waals surface area contributed by atoms with Gasteiger partial charge in [-0.1, -0.05) is 0 Å². The minimum absolute atomic E-state index is 0.421. The van der Waals surface area contributed by atoms with E-state index in [1.165, 1.54) is 0 Å². The van der Waals surface area contributed by atoms with Crippen molar-refractivity contribution in [1.82, 2.24) is 9.78 Å². The molecule has 96 valence electrons. The Hall–Kier alpha value is -1.57. The summed E-state index contributed by atoms with van der Waals surface area (Å²) >= 11 is 0. The molecule has 1 N–H and O–H groups in total. The zero-order valence-corrected chi connectivity index (χ0v) is 9.15. The lowest BCUT2D eigenvalue weighted by atomic mass is 10.1. The van der Waals surface area contributed by atoms with Crippen molar-refractivity contribution in [3.05, 3.63) is 18.0 Å². The highest BCUT2D eigenvalue weighted by Crippen LogP contribution is 2.27. The highest BCUT2D eigenvalue weighted by atomic mass is 19.4. The molecule has 0 saturated heterocycles. The van der Waals surface area contributed by atoms with E-state index >= 15 is 0 Å². The number of carbonyl (C=O) groups excluding carboxylic acids is 1. The second-order valence-corrected chi connectivity index (χ2v) is 3.66. The van der Waals surface area contributed by atoms with Crippen LogP contribution in [0.1, 0.15) is 12.6 Å². The van der Waals surface area contributed by atoms with Crippen LogP contribution in [0.2, 0.25) is 0 Å². The maximum absolute atomic E-state index is 12.2. The highest BCUT2D eigenvalue weighted by Gasteiger charge is 2.36. The summed E-state index contributed by atoms with van der Waals surface area (Å²) in [5, 5.41) is 12.8. The number of nitrogens with zero attached hydrogens (tertiary/aromatic N) is 2. The number of halogens is 3. The molecule has 0 radical (unpaired) electrons. The van der Waals surface area contributed by atoms with Gasteiger partial charge in [-0.2, -0.15) is 18.3 Å². The Balaban J connectivity index is 2.83. The molecule has 0 aliphatic heterocycles. The number of esters is 1. The molecule has 0 aliphatic carbocycles. The first-order valence-corrected chi connectivity index (χ1v) is 4.58. The number of methoxy groups -OCH3 is 1. The first-order valence-electron chi connectivity index (χ1n) is 4.58. The van der Waals surface area contributed by atoms with Crippen molar-refractivity contribution in [3.63, 3.8) is 0 Å². The fourth-order valence-corrected chi connectivity index (χ4v) is 1.20. The van der Waals surface area contributed by atoms with Crippen LogP contribution in [0.15, 0.2) is 12.3 Å². The quantitative estimate of drug-likeness (QED) is 0.809. The van der Waals surface area contributed by atoms with Gasteiger partial charge >= 0.3 is 12.1 Å². The molecule has 1 heterocycles. The molecule has 0 aromatic carbocycles. The number of ether oxygens (including phenoxy) is 1. The fourth-order valence-electron chi connectivity index (χ4n) is 1.20. The van der Waals surface area contributed by atoms with Crippen LogP contribution in [0.25, 0.3) is 0 Å². The largest absolute Gasteiger partial charge is 0.467 e. The Morgan fingerprint density at radius 1 is 1.59 bits per heavy atom. The van der Waals surface area contributed by atoms with E-state index in [0.29, 0.717) is 0 Å². The molecule has 1 unspecified atom stereocenters. The van der Waals surface area contributed by atoms with Gasteiger partial charge in [0.1, 0.15) is 0 Å². The Morgan fingerprint density at radius 3 is 2.59 bits per heavy atom. The van der Waals surface area contributed by atoms with Crippen molar-refractivity contribution in [3.8, 4) is 0 Å². The van der Waals surface area contributed by atoms with E-state index in [1.54, 1.807) is 0 Å². The van der Waals surface area contributed by atoms with Gasteiger partial charge < -0.3 is 9.84 Å². The van der Waals surface area contributed by atoms with Crippen molar-refractivity contribution in [2.45, 2.75) is 25.2 Å². The number of hydrogen-bond donors (Lipinski definition) is 1. The van der Waals surface area contributed by atoms with Gasteiger partial charge in [0.25, 0.3) is 0 Å². The molecule has 0 amide bonds. The summed E-state index contributed by atoms with van der Waals surface area (Å²) in [5.74, 6) is -0.943. The minimum atomic E-state index is -4.55. The smallest absolute Gasteiger partial charge is 0.435 e. The molecule has 0 spiro atoms. The van der Waals surface area contributed by atoms with Gasteiger partial charge in [-0.25, -0.2) is 4.79 Å². The summed E-state index contributed by atoms with van der Waals surface area (Å²) < 4.78 is 41.8. The maximum Gasteiger partial charge on any atom is 0.435 e. The van der Waals surface area contributed by atoms with Gasteiger partial charge in [0.2, 0.25) is 0 Å². The van der Waals surface area contributed by atoms with E-state index in [9.17, 15) is 23.1 Å². The summed E-state index contributed by atoms with van der Waals surface area (Å²) in [5.41, 5.74) is -3.01. The Morgan fingerprint density at radius 2 is 2.18 bits per heavy atom. The van der Waals surface area contributed by atoms with Crippen molar-refractivity contribution in [1.29, 1.82) is 0 Å². The van der Waals surface area contributed by atoms with Gasteiger partial charge in [-0.3, -0.25) is 4.68 Å². The van der Waals surface area contributed by atoms with Crippen LogP contribution in [0.5, 0.6) is 0 Å². The van der Waals surface area contributed by atoms with E-state index in [1.807, 2.05) is 0 Å². The van der Waals surface area contributed by atoms with E-state index in [2.05, 4.69) is 9.84 Å². The lowest BCUT2D eigenvalue weighted by Gasteiger charge is -2.19. The number of alkyl halides is 3. The average Bonchev–Trinajstić information content (AvgIpc) is 2.63. The maximum atomic E-state index is 12.2. The summed E-state index contributed by atoms with van der Waals surface area (Å²) in [7, 11) is 1.07. The van der Waals surface area contributed by atoms with Crippen LogP contribution in [0, 0.1) is 0 Å². The number of aliphatic hydroxyl groups is 1. The average molecular weight is 252 g/mol. The van der Waals surface area contributed by atoms with Crippen LogP contribution in [-0.4, -0.2) is 33.6 Å².